The van der Waals surface area contributed by atoms with Crippen molar-refractivity contribution < 1.29 is 22.4 Å². The second kappa shape index (κ2) is 9.10. The highest BCUT2D eigenvalue weighted by atomic mass is 127. The fourth-order valence-corrected chi connectivity index (χ4v) is 2.45. The molecule has 1 unspecified atom stereocenters. The van der Waals surface area contributed by atoms with Gasteiger partial charge in [-0.25, -0.2) is 0 Å². The largest absolute Gasteiger partial charge is 0.573 e. The highest BCUT2D eigenvalue weighted by Gasteiger charge is 2.30. The van der Waals surface area contributed by atoms with Crippen molar-refractivity contribution >= 4 is 35.6 Å². The van der Waals surface area contributed by atoms with Crippen LogP contribution < -0.4 is 15.8 Å². The summed E-state index contributed by atoms with van der Waals surface area (Å²) in [7, 11) is 0. The van der Waals surface area contributed by atoms with Crippen LogP contribution in [0.4, 0.5) is 18.9 Å². The molecule has 0 radical (unpaired) electrons. The van der Waals surface area contributed by atoms with Gasteiger partial charge in [0.2, 0.25) is 0 Å². The Balaban J connectivity index is 0.00000338. The smallest absolute Gasteiger partial charge is 0.406 e. The van der Waals surface area contributed by atoms with Crippen molar-refractivity contribution in [2.75, 3.05) is 11.9 Å². The maximum absolute atomic E-state index is 12.1. The lowest BCUT2D eigenvalue weighted by atomic mass is 10.00. The third-order valence-electron chi connectivity index (χ3n) is 3.48. The van der Waals surface area contributed by atoms with E-state index in [1.54, 1.807) is 0 Å². The van der Waals surface area contributed by atoms with Gasteiger partial charge in [-0.15, -0.1) is 37.1 Å². The number of halogens is 4. The Hall–Kier alpha value is -1.98. The van der Waals surface area contributed by atoms with Gasteiger partial charge in [-0.3, -0.25) is 4.99 Å². The van der Waals surface area contributed by atoms with E-state index in [2.05, 4.69) is 20.2 Å². The van der Waals surface area contributed by atoms with E-state index in [1.807, 2.05) is 20.8 Å². The molecule has 1 heterocycles. The summed E-state index contributed by atoms with van der Waals surface area (Å²) < 4.78 is 45.3. The number of benzene rings is 1. The number of ether oxygens (including phenoxy) is 1. The average molecular weight is 484 g/mol. The fraction of sp³-hybridized carbons (Fsp3) is 0.375. The fourth-order valence-electron chi connectivity index (χ4n) is 2.45. The molecular formula is C16H20F3IN4O2. The lowest BCUT2D eigenvalue weighted by Gasteiger charge is -2.11. The number of alkyl halides is 3. The molecule has 10 heteroatoms. The van der Waals surface area contributed by atoms with Crippen molar-refractivity contribution in [2.45, 2.75) is 33.1 Å². The molecule has 1 aromatic carbocycles. The van der Waals surface area contributed by atoms with Crippen LogP contribution in [-0.2, 0) is 0 Å². The number of hydrogen-bond acceptors (Lipinski definition) is 4. The normalized spacial score (nSPS) is 13.1. The van der Waals surface area contributed by atoms with Gasteiger partial charge in [-0.2, -0.15) is 0 Å². The molecule has 0 aliphatic heterocycles. The van der Waals surface area contributed by atoms with Crippen molar-refractivity contribution in [3.63, 3.8) is 0 Å². The van der Waals surface area contributed by atoms with Gasteiger partial charge in [0.05, 0.1) is 5.69 Å². The first-order valence-electron chi connectivity index (χ1n) is 7.51. The van der Waals surface area contributed by atoms with E-state index in [-0.39, 0.29) is 41.6 Å². The zero-order chi connectivity index (χ0) is 18.6. The second-order valence-electron chi connectivity index (χ2n) is 5.56. The van der Waals surface area contributed by atoms with Gasteiger partial charge in [0.1, 0.15) is 11.5 Å². The molecule has 0 aliphatic carbocycles. The molecule has 0 amide bonds. The van der Waals surface area contributed by atoms with Gasteiger partial charge in [-0.1, -0.05) is 12.1 Å². The second-order valence-corrected chi connectivity index (χ2v) is 5.56. The van der Waals surface area contributed by atoms with Crippen LogP contribution in [0.15, 0.2) is 33.8 Å². The van der Waals surface area contributed by atoms with E-state index >= 15 is 0 Å². The number of aromatic nitrogens is 1. The van der Waals surface area contributed by atoms with Gasteiger partial charge < -0.3 is 20.3 Å². The van der Waals surface area contributed by atoms with Crippen molar-refractivity contribution in [3.8, 4) is 5.75 Å². The minimum Gasteiger partial charge on any atom is -0.406 e. The summed E-state index contributed by atoms with van der Waals surface area (Å²) in [6, 6.07) is 5.22. The maximum atomic E-state index is 12.1. The quantitative estimate of drug-likeness (QED) is 0.375. The molecule has 26 heavy (non-hydrogen) atoms. The number of nitrogens with one attached hydrogen (secondary N) is 1. The van der Waals surface area contributed by atoms with Crippen molar-refractivity contribution in [2.24, 2.45) is 10.7 Å². The Morgan fingerprint density at radius 2 is 1.92 bits per heavy atom. The lowest BCUT2D eigenvalue weighted by Crippen LogP contribution is -2.23. The molecule has 0 spiro atoms. The molecule has 0 bridgehead atoms. The number of hydrogen-bond donors (Lipinski definition) is 2. The molecule has 0 saturated carbocycles. The summed E-state index contributed by atoms with van der Waals surface area (Å²) in [5.41, 5.74) is 8.12. The number of anilines is 1. The molecule has 3 N–H and O–H groups in total. The first-order valence-corrected chi connectivity index (χ1v) is 7.51. The van der Waals surface area contributed by atoms with Crippen LogP contribution in [0.2, 0.25) is 0 Å². The zero-order valence-corrected chi connectivity index (χ0v) is 16.8. The summed E-state index contributed by atoms with van der Waals surface area (Å²) >= 11 is 0. The monoisotopic (exact) mass is 484 g/mol. The molecular weight excluding hydrogens is 464 g/mol. The van der Waals surface area contributed by atoms with Gasteiger partial charge >= 0.3 is 6.36 Å². The summed E-state index contributed by atoms with van der Waals surface area (Å²) in [4.78, 5) is 4.24. The van der Waals surface area contributed by atoms with Crippen LogP contribution in [0, 0.1) is 13.8 Å². The maximum Gasteiger partial charge on any atom is 0.573 e. The summed E-state index contributed by atoms with van der Waals surface area (Å²) in [6.45, 7) is 6.09. The predicted octanol–water partition coefficient (Wildman–Crippen LogP) is 4.34. The Bertz CT molecular complexity index is 725. The number of guanidine groups is 1. The van der Waals surface area contributed by atoms with Gasteiger partial charge in [0, 0.05) is 23.7 Å². The lowest BCUT2D eigenvalue weighted by molar-refractivity contribution is -0.274. The van der Waals surface area contributed by atoms with Crippen LogP contribution in [0.25, 0.3) is 0 Å². The van der Waals surface area contributed by atoms with Crippen molar-refractivity contribution in [1.82, 2.24) is 5.16 Å². The van der Waals surface area contributed by atoms with Gasteiger partial charge in [0.15, 0.2) is 5.96 Å². The third kappa shape index (κ3) is 6.39. The molecule has 144 valence electrons. The van der Waals surface area contributed by atoms with Crippen molar-refractivity contribution in [3.05, 3.63) is 41.3 Å². The number of aryl methyl sites for hydroxylation is 2. The molecule has 1 atom stereocenters. The van der Waals surface area contributed by atoms with E-state index in [0.717, 1.165) is 17.0 Å². The predicted molar refractivity (Wildman–Crippen MR) is 103 cm³/mol. The van der Waals surface area contributed by atoms with E-state index < -0.39 is 6.36 Å². The van der Waals surface area contributed by atoms with E-state index in [9.17, 15) is 13.2 Å². The summed E-state index contributed by atoms with van der Waals surface area (Å²) in [6.07, 6.45) is -4.72. The summed E-state index contributed by atoms with van der Waals surface area (Å²) in [5, 5.41) is 6.72. The third-order valence-corrected chi connectivity index (χ3v) is 3.48. The number of rotatable bonds is 5. The van der Waals surface area contributed by atoms with E-state index in [1.165, 1.54) is 24.3 Å². The Morgan fingerprint density at radius 1 is 1.31 bits per heavy atom. The highest BCUT2D eigenvalue weighted by Crippen LogP contribution is 2.24. The van der Waals surface area contributed by atoms with Crippen LogP contribution in [0.5, 0.6) is 5.75 Å². The first-order chi connectivity index (χ1) is 11.7. The molecule has 0 aliphatic rings. The van der Waals surface area contributed by atoms with Crippen LogP contribution in [0.3, 0.4) is 0 Å². The number of nitrogens with two attached hydrogens (primary N) is 1. The molecule has 2 aromatic rings. The highest BCUT2D eigenvalue weighted by molar-refractivity contribution is 14.0. The number of nitrogens with zero attached hydrogens (tertiary/aromatic N) is 2. The zero-order valence-electron chi connectivity index (χ0n) is 14.4. The van der Waals surface area contributed by atoms with E-state index in [4.69, 9.17) is 10.3 Å². The van der Waals surface area contributed by atoms with E-state index in [0.29, 0.717) is 12.2 Å². The molecule has 1 aromatic heterocycles. The molecule has 0 saturated heterocycles. The first kappa shape index (κ1) is 22.1. The average Bonchev–Trinajstić information content (AvgIpc) is 2.84. The van der Waals surface area contributed by atoms with Gasteiger partial charge in [0.25, 0.3) is 0 Å². The van der Waals surface area contributed by atoms with Gasteiger partial charge in [-0.05, 0) is 38.1 Å². The van der Waals surface area contributed by atoms with Crippen LogP contribution in [0.1, 0.15) is 29.9 Å². The van der Waals surface area contributed by atoms with Crippen molar-refractivity contribution in [1.29, 1.82) is 0 Å². The Kier molecular flexibility index (Phi) is 7.72. The minimum atomic E-state index is -4.72. The molecule has 6 nitrogen and oxygen atoms in total. The van der Waals surface area contributed by atoms with Crippen LogP contribution in [-0.4, -0.2) is 24.0 Å². The molecule has 2 rings (SSSR count). The standard InChI is InChI=1S/C16H19F3N4O2.HI/c1-9(14-10(2)23-25-11(14)3)8-21-15(20)22-12-4-6-13(7-5-12)24-16(17,18)19;/h4-7,9H,8H2,1-3H3,(H3,20,21,22);1H. The Labute approximate surface area is 166 Å². The Morgan fingerprint density at radius 3 is 2.42 bits per heavy atom. The molecule has 0 fully saturated rings. The summed E-state index contributed by atoms with van der Waals surface area (Å²) in [5.74, 6) is 0.657. The number of aliphatic imine (C=N–C) groups is 1. The minimum absolute atomic E-state index is 0. The topological polar surface area (TPSA) is 85.7 Å². The van der Waals surface area contributed by atoms with Crippen LogP contribution >= 0.6 is 24.0 Å². The SMILES string of the molecule is Cc1noc(C)c1C(C)CN=C(N)Nc1ccc(OC(F)(F)F)cc1.I.